The van der Waals surface area contributed by atoms with E-state index in [0.717, 1.165) is 17.8 Å². The maximum absolute atomic E-state index is 12.5. The molecule has 2 rings (SSSR count). The number of benzene rings is 2. The van der Waals surface area contributed by atoms with Gasteiger partial charge in [-0.15, -0.1) is 0 Å². The number of anilines is 1. The molecule has 2 N–H and O–H groups in total. The molecule has 2 aromatic carbocycles. The second-order valence-electron chi connectivity index (χ2n) is 7.04. The first-order valence-electron chi connectivity index (χ1n) is 8.63. The van der Waals surface area contributed by atoms with Gasteiger partial charge in [-0.25, -0.2) is 0 Å². The van der Waals surface area contributed by atoms with Crippen molar-refractivity contribution in [1.29, 1.82) is 0 Å². The summed E-state index contributed by atoms with van der Waals surface area (Å²) in [6.07, 6.45) is 0. The lowest BCUT2D eigenvalue weighted by atomic mass is 9.98. The standard InChI is InChI=1S/C21H28N2O/c1-15(2)19-8-6-7-17(4)21(19)22-20(24)14-23(5)13-18-11-9-16(3)10-12-18/h6-12,15H,13-14H2,1-5H3,(H,22,24)/p+1. The highest BCUT2D eigenvalue weighted by Gasteiger charge is 2.15. The van der Waals surface area contributed by atoms with Crippen LogP contribution in [0, 0.1) is 13.8 Å². The first-order valence-corrected chi connectivity index (χ1v) is 8.63. The molecule has 0 saturated heterocycles. The summed E-state index contributed by atoms with van der Waals surface area (Å²) in [5.74, 6) is 0.452. The van der Waals surface area contributed by atoms with E-state index in [1.807, 2.05) is 13.0 Å². The van der Waals surface area contributed by atoms with Gasteiger partial charge in [0.15, 0.2) is 6.54 Å². The Kier molecular flexibility index (Phi) is 6.16. The Morgan fingerprint density at radius 3 is 2.38 bits per heavy atom. The normalized spacial score (nSPS) is 12.2. The molecule has 0 saturated carbocycles. The van der Waals surface area contributed by atoms with Crippen LogP contribution in [0.15, 0.2) is 42.5 Å². The maximum atomic E-state index is 12.5. The van der Waals surface area contributed by atoms with Crippen molar-refractivity contribution in [2.24, 2.45) is 0 Å². The lowest BCUT2D eigenvalue weighted by Gasteiger charge is -2.18. The number of likely N-dealkylation sites (N-methyl/N-ethyl adjacent to an activating group) is 1. The number of carbonyl (C=O) groups is 1. The number of quaternary nitrogens is 1. The zero-order chi connectivity index (χ0) is 17.7. The lowest BCUT2D eigenvalue weighted by Crippen LogP contribution is -3.08. The van der Waals surface area contributed by atoms with E-state index in [0.29, 0.717) is 12.5 Å². The molecule has 3 nitrogen and oxygen atoms in total. The maximum Gasteiger partial charge on any atom is 0.279 e. The van der Waals surface area contributed by atoms with Gasteiger partial charge in [-0.05, 0) is 30.9 Å². The van der Waals surface area contributed by atoms with Crippen molar-refractivity contribution in [2.45, 2.75) is 40.2 Å². The number of hydrogen-bond acceptors (Lipinski definition) is 1. The summed E-state index contributed by atoms with van der Waals surface area (Å²) in [5, 5.41) is 3.13. The van der Waals surface area contributed by atoms with Gasteiger partial charge in [-0.1, -0.05) is 61.9 Å². The van der Waals surface area contributed by atoms with Crippen molar-refractivity contribution in [3.8, 4) is 0 Å². The topological polar surface area (TPSA) is 33.5 Å². The summed E-state index contributed by atoms with van der Waals surface area (Å²) < 4.78 is 0. The van der Waals surface area contributed by atoms with Crippen molar-refractivity contribution in [3.63, 3.8) is 0 Å². The highest BCUT2D eigenvalue weighted by Crippen LogP contribution is 2.27. The molecule has 0 aromatic heterocycles. The number of nitrogens with one attached hydrogen (secondary N) is 2. The van der Waals surface area contributed by atoms with Crippen molar-refractivity contribution in [3.05, 3.63) is 64.7 Å². The molecule has 1 amide bonds. The Balaban J connectivity index is 1.99. The summed E-state index contributed by atoms with van der Waals surface area (Å²) in [7, 11) is 2.06. The van der Waals surface area contributed by atoms with Gasteiger partial charge in [0.25, 0.3) is 5.91 Å². The van der Waals surface area contributed by atoms with Gasteiger partial charge in [-0.2, -0.15) is 0 Å². The quantitative estimate of drug-likeness (QED) is 0.841. The lowest BCUT2D eigenvalue weighted by molar-refractivity contribution is -0.885. The van der Waals surface area contributed by atoms with Gasteiger partial charge in [-0.3, -0.25) is 4.79 Å². The zero-order valence-electron chi connectivity index (χ0n) is 15.4. The summed E-state index contributed by atoms with van der Waals surface area (Å²) in [4.78, 5) is 13.6. The highest BCUT2D eigenvalue weighted by molar-refractivity contribution is 5.93. The molecule has 1 atom stereocenters. The predicted octanol–water partition coefficient (Wildman–Crippen LogP) is 3.08. The van der Waals surface area contributed by atoms with Crippen LogP contribution in [0.1, 0.15) is 42.0 Å². The van der Waals surface area contributed by atoms with E-state index in [-0.39, 0.29) is 5.91 Å². The van der Waals surface area contributed by atoms with Crippen molar-refractivity contribution in [2.75, 3.05) is 18.9 Å². The number of rotatable bonds is 6. The third kappa shape index (κ3) is 4.93. The average molecular weight is 325 g/mol. The number of carbonyl (C=O) groups excluding carboxylic acids is 1. The molecule has 0 fully saturated rings. The van der Waals surface area contributed by atoms with Crippen LogP contribution >= 0.6 is 0 Å². The minimum Gasteiger partial charge on any atom is -0.326 e. The number of amides is 1. The van der Waals surface area contributed by atoms with Crippen LogP contribution in [-0.2, 0) is 11.3 Å². The van der Waals surface area contributed by atoms with Crippen molar-refractivity contribution in [1.82, 2.24) is 0 Å². The number of para-hydroxylation sites is 1. The molecule has 0 aliphatic heterocycles. The van der Waals surface area contributed by atoms with E-state index in [2.05, 4.69) is 69.5 Å². The van der Waals surface area contributed by atoms with E-state index >= 15 is 0 Å². The summed E-state index contributed by atoms with van der Waals surface area (Å²) in [6, 6.07) is 14.7. The van der Waals surface area contributed by atoms with Gasteiger partial charge >= 0.3 is 0 Å². The van der Waals surface area contributed by atoms with Crippen LogP contribution in [0.2, 0.25) is 0 Å². The first-order chi connectivity index (χ1) is 11.4. The Morgan fingerprint density at radius 1 is 1.08 bits per heavy atom. The molecule has 1 unspecified atom stereocenters. The molecule has 128 valence electrons. The summed E-state index contributed by atoms with van der Waals surface area (Å²) in [6.45, 7) is 9.74. The van der Waals surface area contributed by atoms with E-state index < -0.39 is 0 Å². The second-order valence-corrected chi connectivity index (χ2v) is 7.04. The van der Waals surface area contributed by atoms with Crippen molar-refractivity contribution >= 4 is 11.6 Å². The fourth-order valence-electron chi connectivity index (χ4n) is 2.92. The van der Waals surface area contributed by atoms with Crippen LogP contribution in [0.3, 0.4) is 0 Å². The smallest absolute Gasteiger partial charge is 0.279 e. The van der Waals surface area contributed by atoms with Gasteiger partial charge in [0.2, 0.25) is 0 Å². The minimum absolute atomic E-state index is 0.0656. The van der Waals surface area contributed by atoms with Gasteiger partial charge in [0.1, 0.15) is 6.54 Å². The largest absolute Gasteiger partial charge is 0.326 e. The predicted molar refractivity (Wildman–Crippen MR) is 101 cm³/mol. The molecule has 2 aromatic rings. The molecule has 3 heteroatoms. The number of aryl methyl sites for hydroxylation is 2. The third-order valence-electron chi connectivity index (χ3n) is 4.28. The molecule has 0 spiro atoms. The molecule has 0 radical (unpaired) electrons. The van der Waals surface area contributed by atoms with Crippen LogP contribution in [0.5, 0.6) is 0 Å². The van der Waals surface area contributed by atoms with E-state index in [1.54, 1.807) is 0 Å². The fourth-order valence-corrected chi connectivity index (χ4v) is 2.92. The van der Waals surface area contributed by atoms with Gasteiger partial charge in [0, 0.05) is 11.3 Å². The average Bonchev–Trinajstić information content (AvgIpc) is 2.51. The van der Waals surface area contributed by atoms with E-state index in [4.69, 9.17) is 0 Å². The molecule has 24 heavy (non-hydrogen) atoms. The molecule has 0 aliphatic carbocycles. The zero-order valence-corrected chi connectivity index (χ0v) is 15.4. The molecule has 0 heterocycles. The van der Waals surface area contributed by atoms with E-state index in [9.17, 15) is 4.79 Å². The minimum atomic E-state index is 0.0656. The molecule has 0 bridgehead atoms. The van der Waals surface area contributed by atoms with Crippen LogP contribution in [-0.4, -0.2) is 19.5 Å². The second kappa shape index (κ2) is 8.11. The molecular weight excluding hydrogens is 296 g/mol. The summed E-state index contributed by atoms with van der Waals surface area (Å²) in [5.41, 5.74) is 5.80. The first kappa shape index (κ1) is 18.2. The number of hydrogen-bond donors (Lipinski definition) is 2. The Morgan fingerprint density at radius 2 is 1.75 bits per heavy atom. The van der Waals surface area contributed by atoms with Crippen LogP contribution < -0.4 is 10.2 Å². The Hall–Kier alpha value is -2.13. The highest BCUT2D eigenvalue weighted by atomic mass is 16.2. The monoisotopic (exact) mass is 325 g/mol. The molecular formula is C21H29N2O+. The van der Waals surface area contributed by atoms with Gasteiger partial charge in [0.05, 0.1) is 7.05 Å². The SMILES string of the molecule is Cc1ccc(C[NH+](C)CC(=O)Nc2c(C)cccc2C(C)C)cc1. The summed E-state index contributed by atoms with van der Waals surface area (Å²) >= 11 is 0. The van der Waals surface area contributed by atoms with Crippen molar-refractivity contribution < 1.29 is 9.69 Å². The molecule has 0 aliphatic rings. The Labute approximate surface area is 145 Å². The van der Waals surface area contributed by atoms with Gasteiger partial charge < -0.3 is 10.2 Å². The Bertz CT molecular complexity index is 689. The fraction of sp³-hybridized carbons (Fsp3) is 0.381. The van der Waals surface area contributed by atoms with E-state index in [1.165, 1.54) is 21.6 Å². The third-order valence-corrected chi connectivity index (χ3v) is 4.28. The van der Waals surface area contributed by atoms with Crippen LogP contribution in [0.25, 0.3) is 0 Å². The van der Waals surface area contributed by atoms with Crippen LogP contribution in [0.4, 0.5) is 5.69 Å².